The van der Waals surface area contributed by atoms with E-state index in [0.717, 1.165) is 11.3 Å². The van der Waals surface area contributed by atoms with Gasteiger partial charge in [0.1, 0.15) is 5.75 Å². The van der Waals surface area contributed by atoms with Crippen molar-refractivity contribution < 1.29 is 9.57 Å². The lowest BCUT2D eigenvalue weighted by atomic mass is 10.2. The molecule has 1 rings (SSSR count). The topological polar surface area (TPSA) is 47.7 Å². The third-order valence-corrected chi connectivity index (χ3v) is 1.94. The Hall–Kier alpha value is -1.26. The first-order chi connectivity index (χ1) is 6.65. The Morgan fingerprint density at radius 1 is 1.29 bits per heavy atom. The molecule has 0 heterocycles. The summed E-state index contributed by atoms with van der Waals surface area (Å²) in [7, 11) is 5.11. The number of methoxy groups -OCH3 is 1. The van der Waals surface area contributed by atoms with Gasteiger partial charge in [0.25, 0.3) is 0 Å². The Morgan fingerprint density at radius 2 is 2.00 bits per heavy atom. The Kier molecular flexibility index (Phi) is 3.73. The molecule has 1 aromatic rings. The minimum absolute atomic E-state index is 0.678. The van der Waals surface area contributed by atoms with Crippen LogP contribution in [0.2, 0.25) is 0 Å². The fraction of sp³-hybridized carbons (Fsp3) is 0.400. The molecule has 0 spiro atoms. The van der Waals surface area contributed by atoms with Crippen LogP contribution < -0.4 is 10.5 Å². The van der Waals surface area contributed by atoms with E-state index in [1.807, 2.05) is 19.2 Å². The Morgan fingerprint density at radius 3 is 2.57 bits per heavy atom. The van der Waals surface area contributed by atoms with Crippen molar-refractivity contribution in [2.75, 3.05) is 27.0 Å². The third-order valence-electron chi connectivity index (χ3n) is 1.94. The monoisotopic (exact) mass is 196 g/mol. The summed E-state index contributed by atoms with van der Waals surface area (Å²) >= 11 is 0. The van der Waals surface area contributed by atoms with Gasteiger partial charge < -0.3 is 15.3 Å². The first-order valence-corrected chi connectivity index (χ1v) is 4.34. The third kappa shape index (κ3) is 2.90. The molecule has 0 fully saturated rings. The Bertz CT molecular complexity index is 302. The summed E-state index contributed by atoms with van der Waals surface area (Å²) < 4.78 is 5.11. The molecule has 0 atom stereocenters. The van der Waals surface area contributed by atoms with Gasteiger partial charge >= 0.3 is 0 Å². The molecule has 0 unspecified atom stereocenters. The minimum Gasteiger partial charge on any atom is -0.497 e. The van der Waals surface area contributed by atoms with Crippen molar-refractivity contribution in [2.45, 2.75) is 6.54 Å². The van der Waals surface area contributed by atoms with E-state index in [-0.39, 0.29) is 0 Å². The number of benzene rings is 1. The Balaban J connectivity index is 2.81. The number of anilines is 1. The quantitative estimate of drug-likeness (QED) is 0.582. The first kappa shape index (κ1) is 10.8. The zero-order chi connectivity index (χ0) is 10.6. The van der Waals surface area contributed by atoms with Crippen LogP contribution >= 0.6 is 0 Å². The van der Waals surface area contributed by atoms with Crippen LogP contribution in [0.25, 0.3) is 0 Å². The molecule has 0 bridgehead atoms. The lowest BCUT2D eigenvalue weighted by molar-refractivity contribution is -0.116. The van der Waals surface area contributed by atoms with Crippen molar-refractivity contribution in [2.24, 2.45) is 0 Å². The van der Waals surface area contributed by atoms with Gasteiger partial charge in [0.15, 0.2) is 0 Å². The summed E-state index contributed by atoms with van der Waals surface area (Å²) in [4.78, 5) is 5.02. The second-order valence-electron chi connectivity index (χ2n) is 3.08. The number of hydrogen-bond acceptors (Lipinski definition) is 4. The summed E-state index contributed by atoms with van der Waals surface area (Å²) in [6, 6.07) is 5.63. The fourth-order valence-corrected chi connectivity index (χ4v) is 1.22. The molecule has 0 saturated carbocycles. The average molecular weight is 196 g/mol. The number of nitrogens with zero attached hydrogens (tertiary/aromatic N) is 1. The van der Waals surface area contributed by atoms with Crippen molar-refractivity contribution in [1.82, 2.24) is 5.06 Å². The van der Waals surface area contributed by atoms with Gasteiger partial charge in [0.05, 0.1) is 14.2 Å². The summed E-state index contributed by atoms with van der Waals surface area (Å²) in [5, 5.41) is 1.72. The van der Waals surface area contributed by atoms with Crippen LogP contribution in [0.5, 0.6) is 5.75 Å². The van der Waals surface area contributed by atoms with E-state index >= 15 is 0 Å². The summed E-state index contributed by atoms with van der Waals surface area (Å²) in [5.41, 5.74) is 7.47. The average Bonchev–Trinajstić information content (AvgIpc) is 2.16. The zero-order valence-electron chi connectivity index (χ0n) is 8.78. The van der Waals surface area contributed by atoms with E-state index in [1.54, 1.807) is 25.3 Å². The number of nitrogen functional groups attached to an aromatic ring is 1. The van der Waals surface area contributed by atoms with E-state index in [2.05, 4.69) is 0 Å². The van der Waals surface area contributed by atoms with Gasteiger partial charge in [-0.05, 0) is 17.7 Å². The van der Waals surface area contributed by atoms with Crippen LogP contribution in [0, 0.1) is 0 Å². The van der Waals surface area contributed by atoms with Gasteiger partial charge in [-0.1, -0.05) is 0 Å². The number of nitrogens with two attached hydrogens (primary N) is 1. The normalized spacial score (nSPS) is 10.6. The maximum atomic E-state index is 5.71. The predicted octanol–water partition coefficient (Wildman–Crippen LogP) is 1.27. The largest absolute Gasteiger partial charge is 0.497 e. The van der Waals surface area contributed by atoms with Gasteiger partial charge in [0.2, 0.25) is 0 Å². The zero-order valence-corrected chi connectivity index (χ0v) is 8.78. The molecule has 14 heavy (non-hydrogen) atoms. The van der Waals surface area contributed by atoms with E-state index in [9.17, 15) is 0 Å². The highest BCUT2D eigenvalue weighted by molar-refractivity contribution is 5.47. The molecular weight excluding hydrogens is 180 g/mol. The minimum atomic E-state index is 0.678. The smallest absolute Gasteiger partial charge is 0.121 e. The molecule has 0 saturated heterocycles. The highest BCUT2D eigenvalue weighted by Crippen LogP contribution is 2.19. The van der Waals surface area contributed by atoms with Crippen LogP contribution in [-0.2, 0) is 11.4 Å². The summed E-state index contributed by atoms with van der Waals surface area (Å²) in [6.07, 6.45) is 0. The van der Waals surface area contributed by atoms with Crippen molar-refractivity contribution in [3.63, 3.8) is 0 Å². The van der Waals surface area contributed by atoms with Gasteiger partial charge in [-0.25, -0.2) is 0 Å². The number of ether oxygens (including phenoxy) is 1. The molecule has 1 aromatic carbocycles. The van der Waals surface area contributed by atoms with Crippen LogP contribution in [0.3, 0.4) is 0 Å². The molecule has 2 N–H and O–H groups in total. The van der Waals surface area contributed by atoms with Crippen LogP contribution in [0.1, 0.15) is 5.56 Å². The van der Waals surface area contributed by atoms with Crippen molar-refractivity contribution in [1.29, 1.82) is 0 Å². The van der Waals surface area contributed by atoms with E-state index < -0.39 is 0 Å². The molecule has 0 aliphatic heterocycles. The fourth-order valence-electron chi connectivity index (χ4n) is 1.22. The highest BCUT2D eigenvalue weighted by atomic mass is 16.7. The molecule has 4 heteroatoms. The molecule has 0 aliphatic rings. The second-order valence-corrected chi connectivity index (χ2v) is 3.08. The van der Waals surface area contributed by atoms with Crippen LogP contribution in [-0.4, -0.2) is 26.3 Å². The maximum absolute atomic E-state index is 5.71. The molecule has 4 nitrogen and oxygen atoms in total. The predicted molar refractivity (Wildman–Crippen MR) is 55.9 cm³/mol. The van der Waals surface area contributed by atoms with Gasteiger partial charge in [-0.3, -0.25) is 0 Å². The summed E-state index contributed by atoms with van der Waals surface area (Å²) in [6.45, 7) is 0.678. The van der Waals surface area contributed by atoms with E-state index in [4.69, 9.17) is 15.3 Å². The van der Waals surface area contributed by atoms with E-state index in [1.165, 1.54) is 0 Å². The second kappa shape index (κ2) is 4.83. The Labute approximate surface area is 84.2 Å². The van der Waals surface area contributed by atoms with Crippen LogP contribution in [0.15, 0.2) is 18.2 Å². The highest BCUT2D eigenvalue weighted by Gasteiger charge is 2.02. The number of hydroxylamine groups is 2. The SMILES string of the molecule is COc1cc(N)cc(CN(C)OC)c1. The van der Waals surface area contributed by atoms with Gasteiger partial charge in [-0.15, -0.1) is 0 Å². The lowest BCUT2D eigenvalue weighted by Crippen LogP contribution is -2.15. The first-order valence-electron chi connectivity index (χ1n) is 4.34. The molecule has 0 aliphatic carbocycles. The summed E-state index contributed by atoms with van der Waals surface area (Å²) in [5.74, 6) is 0.768. The van der Waals surface area contributed by atoms with Crippen LogP contribution in [0.4, 0.5) is 5.69 Å². The van der Waals surface area contributed by atoms with Gasteiger partial charge in [-0.2, -0.15) is 5.06 Å². The molecular formula is C10H16N2O2. The van der Waals surface area contributed by atoms with Gasteiger partial charge in [0, 0.05) is 25.3 Å². The standard InChI is InChI=1S/C10H16N2O2/c1-12(14-3)7-8-4-9(11)6-10(5-8)13-2/h4-6H,7,11H2,1-3H3. The molecule has 0 amide bonds. The van der Waals surface area contributed by atoms with Crippen molar-refractivity contribution >= 4 is 5.69 Å². The molecule has 0 aromatic heterocycles. The maximum Gasteiger partial charge on any atom is 0.121 e. The van der Waals surface area contributed by atoms with E-state index in [0.29, 0.717) is 12.2 Å². The number of hydrogen-bond donors (Lipinski definition) is 1. The molecule has 78 valence electrons. The van der Waals surface area contributed by atoms with Crippen molar-refractivity contribution in [3.8, 4) is 5.75 Å². The number of rotatable bonds is 4. The molecule has 0 radical (unpaired) electrons. The van der Waals surface area contributed by atoms with Crippen molar-refractivity contribution in [3.05, 3.63) is 23.8 Å². The lowest BCUT2D eigenvalue weighted by Gasteiger charge is -2.14.